The van der Waals surface area contributed by atoms with Crippen molar-refractivity contribution in [2.24, 2.45) is 0 Å². The normalized spacial score (nSPS) is 17.9. The molecule has 1 heteroatoms. The SMILES string of the molecule is CCC(C)Nc1ccc(C2CC2)cc1. The summed E-state index contributed by atoms with van der Waals surface area (Å²) >= 11 is 0. The first kappa shape index (κ1) is 9.57. The average Bonchev–Trinajstić information content (AvgIpc) is 3.02. The number of nitrogens with one attached hydrogen (secondary N) is 1. The van der Waals surface area contributed by atoms with Crippen LogP contribution in [0.15, 0.2) is 24.3 Å². The molecule has 1 aromatic rings. The maximum atomic E-state index is 3.48. The van der Waals surface area contributed by atoms with Gasteiger partial charge in [-0.1, -0.05) is 19.1 Å². The molecule has 14 heavy (non-hydrogen) atoms. The number of anilines is 1. The smallest absolute Gasteiger partial charge is 0.0342 e. The molecule has 0 amide bonds. The van der Waals surface area contributed by atoms with Gasteiger partial charge in [0.05, 0.1) is 0 Å². The first-order valence-corrected chi connectivity index (χ1v) is 5.66. The molecule has 0 aliphatic heterocycles. The Hall–Kier alpha value is -0.980. The van der Waals surface area contributed by atoms with E-state index in [1.165, 1.54) is 30.5 Å². The minimum absolute atomic E-state index is 0.571. The zero-order valence-corrected chi connectivity index (χ0v) is 9.09. The standard InChI is InChI=1S/C13H19N/c1-3-10(2)14-13-8-6-12(7-9-13)11-4-5-11/h6-11,14H,3-5H2,1-2H3. The van der Waals surface area contributed by atoms with Gasteiger partial charge in [-0.3, -0.25) is 0 Å². The van der Waals surface area contributed by atoms with Crippen LogP contribution in [0, 0.1) is 0 Å². The Morgan fingerprint density at radius 2 is 1.93 bits per heavy atom. The van der Waals surface area contributed by atoms with Gasteiger partial charge in [-0.15, -0.1) is 0 Å². The molecule has 0 saturated heterocycles. The summed E-state index contributed by atoms with van der Waals surface area (Å²) in [5, 5.41) is 3.48. The molecule has 2 rings (SSSR count). The van der Waals surface area contributed by atoms with Crippen LogP contribution in [0.3, 0.4) is 0 Å². The summed E-state index contributed by atoms with van der Waals surface area (Å²) in [6.07, 6.45) is 3.95. The Morgan fingerprint density at radius 1 is 1.29 bits per heavy atom. The van der Waals surface area contributed by atoms with Crippen LogP contribution in [0.4, 0.5) is 5.69 Å². The van der Waals surface area contributed by atoms with Crippen molar-refractivity contribution >= 4 is 5.69 Å². The monoisotopic (exact) mass is 189 g/mol. The maximum Gasteiger partial charge on any atom is 0.0342 e. The van der Waals surface area contributed by atoms with E-state index < -0.39 is 0 Å². The first-order chi connectivity index (χ1) is 6.79. The number of rotatable bonds is 4. The fraction of sp³-hybridized carbons (Fsp3) is 0.538. The van der Waals surface area contributed by atoms with Crippen LogP contribution < -0.4 is 5.32 Å². The number of hydrogen-bond acceptors (Lipinski definition) is 1. The lowest BCUT2D eigenvalue weighted by atomic mass is 10.1. The van der Waals surface area contributed by atoms with Crippen LogP contribution in [0.2, 0.25) is 0 Å². The van der Waals surface area contributed by atoms with Crippen molar-refractivity contribution in [3.8, 4) is 0 Å². The largest absolute Gasteiger partial charge is 0.383 e. The summed E-state index contributed by atoms with van der Waals surface area (Å²) < 4.78 is 0. The van der Waals surface area contributed by atoms with E-state index in [1.54, 1.807) is 0 Å². The highest BCUT2D eigenvalue weighted by Gasteiger charge is 2.22. The molecule has 1 atom stereocenters. The predicted molar refractivity (Wildman–Crippen MR) is 61.8 cm³/mol. The van der Waals surface area contributed by atoms with Crippen LogP contribution in [-0.4, -0.2) is 6.04 Å². The van der Waals surface area contributed by atoms with Gasteiger partial charge in [0.15, 0.2) is 0 Å². The lowest BCUT2D eigenvalue weighted by Crippen LogP contribution is -2.13. The quantitative estimate of drug-likeness (QED) is 0.760. The van der Waals surface area contributed by atoms with Crippen molar-refractivity contribution in [2.75, 3.05) is 5.32 Å². The zero-order valence-electron chi connectivity index (χ0n) is 9.09. The van der Waals surface area contributed by atoms with E-state index >= 15 is 0 Å². The van der Waals surface area contributed by atoms with Crippen molar-refractivity contribution < 1.29 is 0 Å². The molecule has 0 radical (unpaired) electrons. The van der Waals surface area contributed by atoms with Gasteiger partial charge in [0.2, 0.25) is 0 Å². The molecule has 0 bridgehead atoms. The third kappa shape index (κ3) is 2.28. The van der Waals surface area contributed by atoms with Crippen LogP contribution in [-0.2, 0) is 0 Å². The molecule has 1 saturated carbocycles. The van der Waals surface area contributed by atoms with Crippen LogP contribution in [0.25, 0.3) is 0 Å². The molecule has 0 aromatic heterocycles. The van der Waals surface area contributed by atoms with Gasteiger partial charge < -0.3 is 5.32 Å². The fourth-order valence-corrected chi connectivity index (χ4v) is 1.65. The van der Waals surface area contributed by atoms with Crippen LogP contribution in [0.1, 0.15) is 44.6 Å². The Kier molecular flexibility index (Phi) is 2.76. The molecule has 0 heterocycles. The topological polar surface area (TPSA) is 12.0 Å². The first-order valence-electron chi connectivity index (χ1n) is 5.66. The third-order valence-corrected chi connectivity index (χ3v) is 2.98. The van der Waals surface area contributed by atoms with Crippen molar-refractivity contribution in [1.82, 2.24) is 0 Å². The summed E-state index contributed by atoms with van der Waals surface area (Å²) in [5.74, 6) is 0.868. The minimum atomic E-state index is 0.571. The average molecular weight is 189 g/mol. The summed E-state index contributed by atoms with van der Waals surface area (Å²) in [6.45, 7) is 4.42. The van der Waals surface area contributed by atoms with E-state index in [0.717, 1.165) is 5.92 Å². The van der Waals surface area contributed by atoms with Gasteiger partial charge in [-0.2, -0.15) is 0 Å². The van der Waals surface area contributed by atoms with E-state index in [4.69, 9.17) is 0 Å². The Labute approximate surface area is 86.5 Å². The summed E-state index contributed by atoms with van der Waals surface area (Å²) in [7, 11) is 0. The Balaban J connectivity index is 1.98. The van der Waals surface area contributed by atoms with Gasteiger partial charge >= 0.3 is 0 Å². The van der Waals surface area contributed by atoms with Crippen LogP contribution in [0.5, 0.6) is 0 Å². The molecule has 1 aliphatic rings. The summed E-state index contributed by atoms with van der Waals surface area (Å²) in [5.41, 5.74) is 2.77. The Bertz CT molecular complexity index is 285. The Morgan fingerprint density at radius 3 is 2.43 bits per heavy atom. The van der Waals surface area contributed by atoms with Gasteiger partial charge in [-0.05, 0) is 49.8 Å². The number of benzene rings is 1. The minimum Gasteiger partial charge on any atom is -0.383 e. The van der Waals surface area contributed by atoms with E-state index in [9.17, 15) is 0 Å². The van der Waals surface area contributed by atoms with Crippen molar-refractivity contribution in [3.63, 3.8) is 0 Å². The maximum absolute atomic E-state index is 3.48. The van der Waals surface area contributed by atoms with Crippen molar-refractivity contribution in [3.05, 3.63) is 29.8 Å². The summed E-state index contributed by atoms with van der Waals surface area (Å²) in [4.78, 5) is 0. The molecule has 1 aromatic carbocycles. The molecular weight excluding hydrogens is 170 g/mol. The third-order valence-electron chi connectivity index (χ3n) is 2.98. The lowest BCUT2D eigenvalue weighted by molar-refractivity contribution is 0.764. The molecule has 76 valence electrons. The second-order valence-corrected chi connectivity index (χ2v) is 4.35. The van der Waals surface area contributed by atoms with Gasteiger partial charge in [0, 0.05) is 11.7 Å². The van der Waals surface area contributed by atoms with E-state index in [0.29, 0.717) is 6.04 Å². The van der Waals surface area contributed by atoms with Gasteiger partial charge in [0.25, 0.3) is 0 Å². The molecule has 1 nitrogen and oxygen atoms in total. The number of hydrogen-bond donors (Lipinski definition) is 1. The van der Waals surface area contributed by atoms with Crippen LogP contribution >= 0.6 is 0 Å². The fourth-order valence-electron chi connectivity index (χ4n) is 1.65. The van der Waals surface area contributed by atoms with Gasteiger partial charge in [-0.25, -0.2) is 0 Å². The molecule has 0 spiro atoms. The van der Waals surface area contributed by atoms with Crippen molar-refractivity contribution in [1.29, 1.82) is 0 Å². The van der Waals surface area contributed by atoms with E-state index in [1.807, 2.05) is 0 Å². The molecule has 1 fully saturated rings. The highest BCUT2D eigenvalue weighted by molar-refractivity contribution is 5.46. The molecular formula is C13H19N. The summed E-state index contributed by atoms with van der Waals surface area (Å²) in [6, 6.07) is 9.52. The second-order valence-electron chi connectivity index (χ2n) is 4.35. The zero-order chi connectivity index (χ0) is 9.97. The molecule has 1 aliphatic carbocycles. The predicted octanol–water partition coefficient (Wildman–Crippen LogP) is 3.77. The van der Waals surface area contributed by atoms with Gasteiger partial charge in [0.1, 0.15) is 0 Å². The van der Waals surface area contributed by atoms with Crippen molar-refractivity contribution in [2.45, 2.75) is 45.1 Å². The highest BCUT2D eigenvalue weighted by Crippen LogP contribution is 2.40. The second kappa shape index (κ2) is 4.04. The highest BCUT2D eigenvalue weighted by atomic mass is 14.9. The molecule has 1 unspecified atom stereocenters. The van der Waals surface area contributed by atoms with E-state index in [2.05, 4.69) is 43.4 Å². The lowest BCUT2D eigenvalue weighted by Gasteiger charge is -2.13. The van der Waals surface area contributed by atoms with E-state index in [-0.39, 0.29) is 0 Å². The molecule has 1 N–H and O–H groups in total.